The summed E-state index contributed by atoms with van der Waals surface area (Å²) in [5.41, 5.74) is 5.43. The number of rotatable bonds is 7. The van der Waals surface area contributed by atoms with Gasteiger partial charge < -0.3 is 9.88 Å². The molecule has 6 heterocycles. The molecule has 14 heteroatoms. The number of alkyl halides is 4. The standard InChI is InChI=1S/C39H32F5N9/c40-31-19-51(14-9-32(31)52-20-38(21-52,10-11-45)53-18-26(17-50-53)34-29-8-13-47-37(29)49-22-48-34)35-25(15-24-7-12-46-36(33(24)41)39(42,43)44)5-6-28-27-4-2-1-3-23(27)16-30(28)35/h1-8,12-13,17-18,22,31-32H,9-10,14-16,19-21H2,(H,47,48,49)/t31-,32+/m1/s1. The van der Waals surface area contributed by atoms with E-state index >= 15 is 8.78 Å². The third kappa shape index (κ3) is 5.53. The zero-order chi connectivity index (χ0) is 36.5. The maximum Gasteiger partial charge on any atom is 0.436 e. The van der Waals surface area contributed by atoms with Gasteiger partial charge in [-0.25, -0.2) is 23.7 Å². The van der Waals surface area contributed by atoms with Gasteiger partial charge in [-0.15, -0.1) is 0 Å². The number of hydrogen-bond acceptors (Lipinski definition) is 7. The molecule has 3 aliphatic rings. The number of piperidine rings is 1. The highest BCUT2D eigenvalue weighted by molar-refractivity contribution is 5.90. The Morgan fingerprint density at radius 3 is 2.66 bits per heavy atom. The first-order valence-electron chi connectivity index (χ1n) is 17.4. The molecule has 0 saturated carbocycles. The fourth-order valence-corrected chi connectivity index (χ4v) is 8.55. The molecule has 0 amide bonds. The Hall–Kier alpha value is -5.68. The van der Waals surface area contributed by atoms with Crippen molar-refractivity contribution >= 4 is 16.7 Å². The number of pyridine rings is 1. The van der Waals surface area contributed by atoms with Gasteiger partial charge in [-0.05, 0) is 51.9 Å². The molecule has 53 heavy (non-hydrogen) atoms. The summed E-state index contributed by atoms with van der Waals surface area (Å²) >= 11 is 0. The van der Waals surface area contributed by atoms with E-state index in [4.69, 9.17) is 0 Å². The van der Waals surface area contributed by atoms with Crippen molar-refractivity contribution in [1.29, 1.82) is 5.26 Å². The van der Waals surface area contributed by atoms with E-state index in [-0.39, 0.29) is 24.9 Å². The monoisotopic (exact) mass is 721 g/mol. The first-order valence-corrected chi connectivity index (χ1v) is 17.4. The minimum atomic E-state index is -4.93. The third-order valence-corrected chi connectivity index (χ3v) is 11.1. The van der Waals surface area contributed by atoms with Gasteiger partial charge in [0.05, 0.1) is 30.9 Å². The molecule has 0 spiro atoms. The fraction of sp³-hybridized carbons (Fsp3) is 0.308. The summed E-state index contributed by atoms with van der Waals surface area (Å²) in [7, 11) is 0. The van der Waals surface area contributed by atoms with Gasteiger partial charge in [0.25, 0.3) is 0 Å². The third-order valence-electron chi connectivity index (χ3n) is 11.1. The van der Waals surface area contributed by atoms with Crippen LogP contribution in [0.5, 0.6) is 0 Å². The topological polar surface area (TPSA) is 103 Å². The zero-order valence-corrected chi connectivity index (χ0v) is 28.3. The number of likely N-dealkylation sites (tertiary alicyclic amines) is 1. The van der Waals surface area contributed by atoms with Crippen LogP contribution in [-0.4, -0.2) is 73.0 Å². The molecule has 2 aliphatic heterocycles. The molecule has 2 saturated heterocycles. The molecule has 9 nitrogen and oxygen atoms in total. The number of nitrogens with zero attached hydrogens (tertiary/aromatic N) is 8. The minimum Gasteiger partial charge on any atom is -0.368 e. The van der Waals surface area contributed by atoms with Crippen LogP contribution in [0.4, 0.5) is 27.6 Å². The van der Waals surface area contributed by atoms with Gasteiger partial charge in [0, 0.05) is 73.7 Å². The summed E-state index contributed by atoms with van der Waals surface area (Å²) < 4.78 is 74.2. The molecule has 2 aromatic carbocycles. The van der Waals surface area contributed by atoms with Crippen LogP contribution in [0, 0.1) is 17.1 Å². The second kappa shape index (κ2) is 12.5. The zero-order valence-electron chi connectivity index (χ0n) is 28.3. The number of halogens is 5. The normalized spacial score (nSPS) is 19.5. The highest BCUT2D eigenvalue weighted by atomic mass is 19.4. The van der Waals surface area contributed by atoms with Crippen LogP contribution in [0.2, 0.25) is 0 Å². The molecule has 1 aliphatic carbocycles. The second-order valence-corrected chi connectivity index (χ2v) is 14.2. The average molecular weight is 722 g/mol. The molecule has 2 atom stereocenters. The van der Waals surface area contributed by atoms with Crippen molar-refractivity contribution in [2.45, 2.75) is 49.6 Å². The van der Waals surface area contributed by atoms with E-state index in [0.29, 0.717) is 43.7 Å². The van der Waals surface area contributed by atoms with E-state index in [0.717, 1.165) is 50.8 Å². The molecule has 268 valence electrons. The smallest absolute Gasteiger partial charge is 0.368 e. The molecule has 2 fully saturated rings. The number of aromatic amines is 1. The van der Waals surface area contributed by atoms with E-state index in [1.807, 2.05) is 58.2 Å². The highest BCUT2D eigenvalue weighted by Gasteiger charge is 2.50. The van der Waals surface area contributed by atoms with E-state index in [1.54, 1.807) is 12.4 Å². The number of anilines is 1. The Kier molecular flexibility index (Phi) is 7.81. The van der Waals surface area contributed by atoms with Crippen LogP contribution >= 0.6 is 0 Å². The lowest BCUT2D eigenvalue weighted by Crippen LogP contribution is -2.68. The summed E-state index contributed by atoms with van der Waals surface area (Å²) in [6.45, 7) is 1.44. The van der Waals surface area contributed by atoms with Crippen LogP contribution in [0.25, 0.3) is 33.4 Å². The summed E-state index contributed by atoms with van der Waals surface area (Å²) in [6.07, 6.45) is 2.84. The molecule has 1 N–H and O–H groups in total. The Morgan fingerprint density at radius 1 is 1.00 bits per heavy atom. The van der Waals surface area contributed by atoms with E-state index in [9.17, 15) is 18.4 Å². The molecule has 6 aromatic rings. The van der Waals surface area contributed by atoms with Crippen LogP contribution < -0.4 is 4.90 Å². The van der Waals surface area contributed by atoms with Crippen LogP contribution in [0.3, 0.4) is 0 Å². The Morgan fingerprint density at radius 2 is 1.85 bits per heavy atom. The Balaban J connectivity index is 0.974. The number of H-pyrrole nitrogens is 1. The Labute approximate surface area is 300 Å². The number of benzene rings is 2. The second-order valence-electron chi connectivity index (χ2n) is 14.2. The van der Waals surface area contributed by atoms with E-state index in [2.05, 4.69) is 36.0 Å². The molecule has 0 bridgehead atoms. The molecule has 9 rings (SSSR count). The lowest BCUT2D eigenvalue weighted by molar-refractivity contribution is -0.143. The van der Waals surface area contributed by atoms with Crippen molar-refractivity contribution in [2.75, 3.05) is 31.1 Å². The number of fused-ring (bicyclic) bond motifs is 4. The SMILES string of the molecule is N#CCC1(n2cc(-c3ncnc4[nH]ccc34)cn2)CN([C@H]2CCN(c3c(Cc4ccnc(C(F)(F)F)c4F)ccc4c3Cc3ccccc3-4)C[C@H]2F)C1. The van der Waals surface area contributed by atoms with Crippen molar-refractivity contribution < 1.29 is 22.0 Å². The summed E-state index contributed by atoms with van der Waals surface area (Å²) in [4.78, 5) is 19.1. The van der Waals surface area contributed by atoms with Crippen molar-refractivity contribution in [2.24, 2.45) is 0 Å². The first kappa shape index (κ1) is 33.2. The van der Waals surface area contributed by atoms with Gasteiger partial charge in [0.2, 0.25) is 0 Å². The van der Waals surface area contributed by atoms with Gasteiger partial charge in [-0.2, -0.15) is 23.5 Å². The lowest BCUT2D eigenvalue weighted by Gasteiger charge is -2.54. The summed E-state index contributed by atoms with van der Waals surface area (Å²) in [6, 6.07) is 16.8. The summed E-state index contributed by atoms with van der Waals surface area (Å²) in [5.74, 6) is -1.39. The van der Waals surface area contributed by atoms with Crippen LogP contribution in [0.1, 0.15) is 40.8 Å². The molecule has 0 unspecified atom stereocenters. The van der Waals surface area contributed by atoms with E-state index in [1.165, 1.54) is 12.4 Å². The minimum absolute atomic E-state index is 0.0607. The van der Waals surface area contributed by atoms with Crippen molar-refractivity contribution in [3.8, 4) is 28.5 Å². The number of nitriles is 1. The van der Waals surface area contributed by atoms with E-state index < -0.39 is 35.4 Å². The highest BCUT2D eigenvalue weighted by Crippen LogP contribution is 2.46. The van der Waals surface area contributed by atoms with Gasteiger partial charge in [-0.1, -0.05) is 36.4 Å². The van der Waals surface area contributed by atoms with Crippen molar-refractivity contribution in [1.82, 2.24) is 34.6 Å². The predicted octanol–water partition coefficient (Wildman–Crippen LogP) is 7.08. The molecule has 0 radical (unpaired) electrons. The number of nitrogens with one attached hydrogen (secondary N) is 1. The molecule has 4 aromatic heterocycles. The Bertz CT molecular complexity index is 2400. The van der Waals surface area contributed by atoms with Gasteiger partial charge >= 0.3 is 6.18 Å². The predicted molar refractivity (Wildman–Crippen MR) is 187 cm³/mol. The maximum atomic E-state index is 16.5. The van der Waals surface area contributed by atoms with Gasteiger partial charge in [0.15, 0.2) is 11.5 Å². The number of aromatic nitrogens is 6. The van der Waals surface area contributed by atoms with Crippen LogP contribution in [0.15, 0.2) is 79.6 Å². The molecular formula is C39H32F5N9. The fourth-order valence-electron chi connectivity index (χ4n) is 8.55. The largest absolute Gasteiger partial charge is 0.436 e. The van der Waals surface area contributed by atoms with Crippen molar-refractivity contribution in [3.63, 3.8) is 0 Å². The lowest BCUT2D eigenvalue weighted by atomic mass is 9.83. The summed E-state index contributed by atoms with van der Waals surface area (Å²) in [5, 5.41) is 15.3. The average Bonchev–Trinajstić information content (AvgIpc) is 3.89. The van der Waals surface area contributed by atoms with Crippen molar-refractivity contribution in [3.05, 3.63) is 113 Å². The van der Waals surface area contributed by atoms with Gasteiger partial charge in [0.1, 0.15) is 23.7 Å². The van der Waals surface area contributed by atoms with Crippen LogP contribution in [-0.2, 0) is 24.6 Å². The molecular weight excluding hydrogens is 689 g/mol. The maximum absolute atomic E-state index is 16.5. The van der Waals surface area contributed by atoms with Gasteiger partial charge in [-0.3, -0.25) is 9.58 Å². The number of hydrogen-bond donors (Lipinski definition) is 1. The first-order chi connectivity index (χ1) is 25.6. The quantitative estimate of drug-likeness (QED) is 0.176.